The molecular formula is C22H22N2O3S. The number of thiazole rings is 1. The third kappa shape index (κ3) is 3.78. The van der Waals surface area contributed by atoms with Crippen molar-refractivity contribution >= 4 is 33.2 Å². The van der Waals surface area contributed by atoms with Gasteiger partial charge in [-0.3, -0.25) is 9.59 Å². The molecule has 1 aliphatic rings. The average Bonchev–Trinajstić information content (AvgIpc) is 3.12. The van der Waals surface area contributed by atoms with Crippen LogP contribution in [0.4, 0.5) is 0 Å². The number of nitrogens with zero attached hydrogens (tertiary/aromatic N) is 2. The molecule has 2 aromatic carbocycles. The number of rotatable bonds is 4. The molecule has 0 aliphatic carbocycles. The number of fused-ring (bicyclic) bond motifs is 1. The van der Waals surface area contributed by atoms with Gasteiger partial charge in [-0.15, -0.1) is 0 Å². The summed E-state index contributed by atoms with van der Waals surface area (Å²) in [5.74, 6) is 0.00571. The number of hydrogen-bond acceptors (Lipinski definition) is 5. The van der Waals surface area contributed by atoms with E-state index in [-0.39, 0.29) is 17.8 Å². The van der Waals surface area contributed by atoms with Gasteiger partial charge in [0.15, 0.2) is 5.78 Å². The van der Waals surface area contributed by atoms with Crippen molar-refractivity contribution in [3.63, 3.8) is 0 Å². The molecule has 0 bridgehead atoms. The molecule has 2 heterocycles. The third-order valence-electron chi connectivity index (χ3n) is 5.14. The topological polar surface area (TPSA) is 59.5 Å². The number of carbonyl (C=O) groups is 2. The minimum Gasteiger partial charge on any atom is -0.467 e. The number of benzene rings is 2. The molecule has 1 fully saturated rings. The molecule has 144 valence electrons. The lowest BCUT2D eigenvalue weighted by Crippen LogP contribution is -2.41. The number of ketones is 1. The van der Waals surface area contributed by atoms with Crippen LogP contribution >= 0.6 is 11.3 Å². The van der Waals surface area contributed by atoms with Gasteiger partial charge >= 0.3 is 0 Å². The fourth-order valence-corrected chi connectivity index (χ4v) is 4.42. The first-order chi connectivity index (χ1) is 13.5. The Morgan fingerprint density at radius 2 is 1.75 bits per heavy atom. The zero-order valence-corrected chi connectivity index (χ0v) is 16.8. The van der Waals surface area contributed by atoms with Gasteiger partial charge in [0.25, 0.3) is 11.1 Å². The van der Waals surface area contributed by atoms with E-state index in [1.165, 1.54) is 6.92 Å². The van der Waals surface area contributed by atoms with Gasteiger partial charge in [-0.25, -0.2) is 4.98 Å². The molecule has 0 unspecified atom stereocenters. The van der Waals surface area contributed by atoms with Crippen molar-refractivity contribution in [2.75, 3.05) is 13.1 Å². The number of carbonyl (C=O) groups excluding carboxylic acids is 2. The fourth-order valence-electron chi connectivity index (χ4n) is 3.47. The second kappa shape index (κ2) is 7.72. The van der Waals surface area contributed by atoms with Gasteiger partial charge in [0.2, 0.25) is 0 Å². The summed E-state index contributed by atoms with van der Waals surface area (Å²) in [6, 6.07) is 13.0. The van der Waals surface area contributed by atoms with Crippen molar-refractivity contribution in [2.45, 2.75) is 32.8 Å². The smallest absolute Gasteiger partial charge is 0.274 e. The zero-order chi connectivity index (χ0) is 19.7. The van der Waals surface area contributed by atoms with Crippen LogP contribution in [0.15, 0.2) is 42.5 Å². The van der Waals surface area contributed by atoms with Crippen LogP contribution in [-0.2, 0) is 0 Å². The summed E-state index contributed by atoms with van der Waals surface area (Å²) in [6.07, 6.45) is 1.64. The van der Waals surface area contributed by atoms with E-state index in [0.29, 0.717) is 29.4 Å². The van der Waals surface area contributed by atoms with Crippen molar-refractivity contribution in [1.29, 1.82) is 0 Å². The fraction of sp³-hybridized carbons (Fsp3) is 0.318. The van der Waals surface area contributed by atoms with Crippen LogP contribution in [0.5, 0.6) is 5.19 Å². The van der Waals surface area contributed by atoms with E-state index in [9.17, 15) is 9.59 Å². The summed E-state index contributed by atoms with van der Waals surface area (Å²) in [6.45, 7) is 4.89. The number of likely N-dealkylation sites (tertiary alicyclic amines) is 1. The highest BCUT2D eigenvalue weighted by atomic mass is 32.1. The monoisotopic (exact) mass is 394 g/mol. The van der Waals surface area contributed by atoms with Gasteiger partial charge in [-0.05, 0) is 37.6 Å². The summed E-state index contributed by atoms with van der Waals surface area (Å²) in [7, 11) is 0. The number of Topliss-reactive ketones (excluding diaryl/α,β-unsaturated/α-hetero) is 1. The number of para-hydroxylation sites is 1. The van der Waals surface area contributed by atoms with Crippen LogP contribution < -0.4 is 4.74 Å². The van der Waals surface area contributed by atoms with Gasteiger partial charge < -0.3 is 9.64 Å². The predicted octanol–water partition coefficient (Wildman–Crippen LogP) is 4.49. The van der Waals surface area contributed by atoms with Crippen molar-refractivity contribution < 1.29 is 14.3 Å². The SMILES string of the molecule is CC(=O)c1ccc(C(=O)N2CCC(Oc3nc4c(C)cccc4s3)CC2)cc1. The average molecular weight is 394 g/mol. The number of amides is 1. The van der Waals surface area contributed by atoms with Gasteiger partial charge in [0, 0.05) is 37.1 Å². The lowest BCUT2D eigenvalue weighted by Gasteiger charge is -2.31. The predicted molar refractivity (Wildman–Crippen MR) is 110 cm³/mol. The number of aromatic nitrogens is 1. The highest BCUT2D eigenvalue weighted by molar-refractivity contribution is 7.20. The van der Waals surface area contributed by atoms with Crippen LogP contribution in [0.1, 0.15) is 46.0 Å². The molecular weight excluding hydrogens is 372 g/mol. The molecule has 0 atom stereocenters. The largest absolute Gasteiger partial charge is 0.467 e. The van der Waals surface area contributed by atoms with Crippen molar-refractivity contribution in [1.82, 2.24) is 9.88 Å². The Bertz CT molecular complexity index is 1020. The Morgan fingerprint density at radius 1 is 1.07 bits per heavy atom. The molecule has 1 saturated heterocycles. The highest BCUT2D eigenvalue weighted by Crippen LogP contribution is 2.31. The summed E-state index contributed by atoms with van der Waals surface area (Å²) in [4.78, 5) is 30.5. The molecule has 6 heteroatoms. The van der Waals surface area contributed by atoms with Crippen LogP contribution in [0, 0.1) is 6.92 Å². The minimum absolute atomic E-state index is 0.00185. The number of hydrogen-bond donors (Lipinski definition) is 0. The van der Waals surface area contributed by atoms with E-state index in [1.807, 2.05) is 11.0 Å². The Kier molecular flexibility index (Phi) is 5.13. The summed E-state index contributed by atoms with van der Waals surface area (Å²) in [5, 5.41) is 0.703. The lowest BCUT2D eigenvalue weighted by molar-refractivity contribution is 0.0595. The van der Waals surface area contributed by atoms with Crippen molar-refractivity contribution in [3.05, 3.63) is 59.2 Å². The Morgan fingerprint density at radius 3 is 2.39 bits per heavy atom. The Hall–Kier alpha value is -2.73. The van der Waals surface area contributed by atoms with E-state index in [2.05, 4.69) is 24.0 Å². The first-order valence-electron chi connectivity index (χ1n) is 9.44. The summed E-state index contributed by atoms with van der Waals surface area (Å²) in [5.41, 5.74) is 3.39. The number of ether oxygens (including phenoxy) is 1. The van der Waals surface area contributed by atoms with Crippen LogP contribution in [0.2, 0.25) is 0 Å². The van der Waals surface area contributed by atoms with Crippen molar-refractivity contribution in [3.8, 4) is 5.19 Å². The van der Waals surface area contributed by atoms with E-state index >= 15 is 0 Å². The second-order valence-corrected chi connectivity index (χ2v) is 8.14. The van der Waals surface area contributed by atoms with Crippen LogP contribution in [0.3, 0.4) is 0 Å². The maximum Gasteiger partial charge on any atom is 0.274 e. The molecule has 4 rings (SSSR count). The van der Waals surface area contributed by atoms with Crippen LogP contribution in [-0.4, -0.2) is 40.8 Å². The molecule has 1 aliphatic heterocycles. The number of piperidine rings is 1. The zero-order valence-electron chi connectivity index (χ0n) is 16.0. The molecule has 5 nitrogen and oxygen atoms in total. The highest BCUT2D eigenvalue weighted by Gasteiger charge is 2.25. The van der Waals surface area contributed by atoms with Crippen LogP contribution in [0.25, 0.3) is 10.2 Å². The first kappa shape index (κ1) is 18.6. The van der Waals surface area contributed by atoms with Crippen molar-refractivity contribution in [2.24, 2.45) is 0 Å². The van der Waals surface area contributed by atoms with E-state index in [4.69, 9.17) is 4.74 Å². The van der Waals surface area contributed by atoms with Gasteiger partial charge in [-0.1, -0.05) is 35.6 Å². The Balaban J connectivity index is 1.36. The maximum absolute atomic E-state index is 12.7. The molecule has 1 aromatic heterocycles. The molecule has 0 N–H and O–H groups in total. The molecule has 3 aromatic rings. The van der Waals surface area contributed by atoms with E-state index in [0.717, 1.165) is 28.6 Å². The minimum atomic E-state index is 0.00185. The molecule has 28 heavy (non-hydrogen) atoms. The second-order valence-electron chi connectivity index (χ2n) is 7.14. The normalized spacial score (nSPS) is 15.0. The summed E-state index contributed by atoms with van der Waals surface area (Å²) >= 11 is 1.57. The van der Waals surface area contributed by atoms with Gasteiger partial charge in [0.1, 0.15) is 6.10 Å². The van der Waals surface area contributed by atoms with Gasteiger partial charge in [-0.2, -0.15) is 0 Å². The summed E-state index contributed by atoms with van der Waals surface area (Å²) < 4.78 is 7.24. The molecule has 1 amide bonds. The maximum atomic E-state index is 12.7. The third-order valence-corrected chi connectivity index (χ3v) is 6.05. The Labute approximate surface area is 168 Å². The molecule has 0 saturated carbocycles. The standard InChI is InChI=1S/C22H22N2O3S/c1-14-4-3-5-19-20(14)23-22(28-19)27-18-10-12-24(13-11-18)21(26)17-8-6-16(7-9-17)15(2)25/h3-9,18H,10-13H2,1-2H3. The van der Waals surface area contributed by atoms with Gasteiger partial charge in [0.05, 0.1) is 10.2 Å². The van der Waals surface area contributed by atoms with E-state index < -0.39 is 0 Å². The molecule has 0 spiro atoms. The molecule has 0 radical (unpaired) electrons. The lowest BCUT2D eigenvalue weighted by atomic mass is 10.0. The first-order valence-corrected chi connectivity index (χ1v) is 10.3. The van der Waals surface area contributed by atoms with E-state index in [1.54, 1.807) is 35.6 Å². The quantitative estimate of drug-likeness (QED) is 0.612. The number of aryl methyl sites for hydroxylation is 1.